The van der Waals surface area contributed by atoms with Crippen LogP contribution in [0.4, 0.5) is 17.1 Å². The van der Waals surface area contributed by atoms with E-state index in [-0.39, 0.29) is 0 Å². The van der Waals surface area contributed by atoms with Crippen molar-refractivity contribution in [2.75, 3.05) is 4.90 Å². The highest BCUT2D eigenvalue weighted by molar-refractivity contribution is 6.04. The molecule has 0 saturated heterocycles. The average Bonchev–Trinajstić information content (AvgIpc) is 3.56. The fourth-order valence-electron chi connectivity index (χ4n) is 9.09. The van der Waals surface area contributed by atoms with Gasteiger partial charge in [-0.25, -0.2) is 0 Å². The molecule has 10 rings (SSSR count). The molecule has 9 aromatic rings. The Bertz CT molecular complexity index is 2750. The zero-order valence-electron chi connectivity index (χ0n) is 30.7. The van der Waals surface area contributed by atoms with Crippen molar-refractivity contribution in [1.82, 2.24) is 0 Å². The van der Waals surface area contributed by atoms with E-state index in [4.69, 9.17) is 0 Å². The highest BCUT2D eigenvalue weighted by atomic mass is 15.1. The van der Waals surface area contributed by atoms with Crippen LogP contribution in [0.3, 0.4) is 0 Å². The van der Waals surface area contributed by atoms with Crippen LogP contribution in [-0.4, -0.2) is 0 Å². The summed E-state index contributed by atoms with van der Waals surface area (Å²) in [5.41, 5.74) is 16.8. The Morgan fingerprint density at radius 2 is 0.927 bits per heavy atom. The van der Waals surface area contributed by atoms with Gasteiger partial charge in [0.25, 0.3) is 0 Å². The lowest BCUT2D eigenvalue weighted by atomic mass is 9.67. The lowest BCUT2D eigenvalue weighted by Gasteiger charge is -2.35. The molecule has 0 N–H and O–H groups in total. The molecule has 1 aliphatic carbocycles. The highest BCUT2D eigenvalue weighted by Gasteiger charge is 2.46. The van der Waals surface area contributed by atoms with Crippen LogP contribution in [-0.2, 0) is 5.41 Å². The largest absolute Gasteiger partial charge is 0.310 e. The first kappa shape index (κ1) is 32.7. The first-order valence-electron chi connectivity index (χ1n) is 19.1. The van der Waals surface area contributed by atoms with E-state index in [1.807, 2.05) is 0 Å². The van der Waals surface area contributed by atoms with Crippen molar-refractivity contribution in [2.45, 2.75) is 12.3 Å². The molecule has 0 amide bonds. The Labute approximate surface area is 323 Å². The van der Waals surface area contributed by atoms with Crippen molar-refractivity contribution in [1.29, 1.82) is 0 Å². The molecular formula is C54H39N. The molecule has 1 nitrogen and oxygen atoms in total. The molecule has 0 unspecified atom stereocenters. The minimum absolute atomic E-state index is 0.481. The number of rotatable bonds is 7. The summed E-state index contributed by atoms with van der Waals surface area (Å²) >= 11 is 0. The van der Waals surface area contributed by atoms with Crippen molar-refractivity contribution < 1.29 is 0 Å². The third-order valence-electron chi connectivity index (χ3n) is 11.5. The molecule has 0 heterocycles. The van der Waals surface area contributed by atoms with Crippen molar-refractivity contribution in [3.8, 4) is 33.4 Å². The summed E-state index contributed by atoms with van der Waals surface area (Å²) in [5, 5.41) is 2.50. The number of para-hydroxylation sites is 1. The van der Waals surface area contributed by atoms with Gasteiger partial charge in [0.15, 0.2) is 0 Å². The van der Waals surface area contributed by atoms with Crippen LogP contribution in [0.15, 0.2) is 218 Å². The maximum atomic E-state index is 2.45. The molecule has 0 fully saturated rings. The van der Waals surface area contributed by atoms with Crippen LogP contribution in [0.5, 0.6) is 0 Å². The van der Waals surface area contributed by atoms with Crippen LogP contribution in [0.25, 0.3) is 44.2 Å². The van der Waals surface area contributed by atoms with E-state index >= 15 is 0 Å². The molecule has 0 aliphatic heterocycles. The monoisotopic (exact) mass is 701 g/mol. The quantitative estimate of drug-likeness (QED) is 0.160. The molecule has 0 saturated carbocycles. The summed E-state index contributed by atoms with van der Waals surface area (Å²) in [4.78, 5) is 2.40. The predicted molar refractivity (Wildman–Crippen MR) is 232 cm³/mol. The number of nitrogens with zero attached hydrogens (tertiary/aromatic N) is 1. The number of aryl methyl sites for hydroxylation is 1. The SMILES string of the molecule is Cc1cccc2c1-c1ccc(N(c3ccccc3)c3ccc(-c4ccc5ccccc5c4-c4ccccc4)cc3)cc1C2(c1ccccc1)c1ccccc1. The number of anilines is 3. The van der Waals surface area contributed by atoms with Crippen molar-refractivity contribution in [3.63, 3.8) is 0 Å². The lowest BCUT2D eigenvalue weighted by molar-refractivity contribution is 0.768. The second-order valence-corrected chi connectivity index (χ2v) is 14.5. The van der Waals surface area contributed by atoms with Gasteiger partial charge in [0, 0.05) is 17.1 Å². The molecule has 9 aromatic carbocycles. The normalized spacial score (nSPS) is 12.6. The predicted octanol–water partition coefficient (Wildman–Crippen LogP) is 14.3. The van der Waals surface area contributed by atoms with E-state index in [9.17, 15) is 0 Å². The van der Waals surface area contributed by atoms with Gasteiger partial charge in [-0.1, -0.05) is 182 Å². The number of benzene rings is 9. The van der Waals surface area contributed by atoms with Gasteiger partial charge in [-0.15, -0.1) is 0 Å². The van der Waals surface area contributed by atoms with Gasteiger partial charge < -0.3 is 4.90 Å². The molecule has 0 atom stereocenters. The van der Waals surface area contributed by atoms with Crippen LogP contribution in [0.2, 0.25) is 0 Å². The van der Waals surface area contributed by atoms with Crippen molar-refractivity contribution in [3.05, 3.63) is 246 Å². The van der Waals surface area contributed by atoms with Gasteiger partial charge in [0.1, 0.15) is 0 Å². The standard InChI is InChI=1S/C54H39N/c1-38-17-16-28-50-52(38)49-36-34-46(37-51(49)54(50,42-21-8-3-9-22-42)43-23-10-4-11-24-43)55(44-25-12-5-13-26-44)45-32-29-40(30-33-45)48-35-31-39-18-14-15-27-47(39)53(48)41-19-6-2-7-20-41/h2-37H,1H3. The lowest BCUT2D eigenvalue weighted by Crippen LogP contribution is -2.28. The minimum Gasteiger partial charge on any atom is -0.310 e. The number of hydrogen-bond acceptors (Lipinski definition) is 1. The van der Waals surface area contributed by atoms with Gasteiger partial charge in [-0.3, -0.25) is 0 Å². The van der Waals surface area contributed by atoms with Crippen LogP contribution in [0.1, 0.15) is 27.8 Å². The summed E-state index contributed by atoms with van der Waals surface area (Å²) in [6.45, 7) is 2.25. The molecule has 260 valence electrons. The van der Waals surface area contributed by atoms with Crippen LogP contribution in [0, 0.1) is 6.92 Å². The molecule has 0 bridgehead atoms. The summed E-state index contributed by atoms with van der Waals surface area (Å²) < 4.78 is 0. The van der Waals surface area contributed by atoms with E-state index in [1.165, 1.54) is 72.0 Å². The molecule has 55 heavy (non-hydrogen) atoms. The van der Waals surface area contributed by atoms with Gasteiger partial charge in [0.05, 0.1) is 5.41 Å². The van der Waals surface area contributed by atoms with E-state index in [1.54, 1.807) is 0 Å². The number of hydrogen-bond donors (Lipinski definition) is 0. The molecular weight excluding hydrogens is 663 g/mol. The zero-order chi connectivity index (χ0) is 36.8. The van der Waals surface area contributed by atoms with Gasteiger partial charge in [0.2, 0.25) is 0 Å². The van der Waals surface area contributed by atoms with Crippen LogP contribution >= 0.6 is 0 Å². The smallest absolute Gasteiger partial charge is 0.0714 e. The zero-order valence-corrected chi connectivity index (χ0v) is 30.7. The maximum Gasteiger partial charge on any atom is 0.0714 e. The first-order chi connectivity index (χ1) is 27.2. The van der Waals surface area contributed by atoms with Crippen molar-refractivity contribution >= 4 is 27.8 Å². The summed E-state index contributed by atoms with van der Waals surface area (Å²) in [6, 6.07) is 79.9. The Balaban J connectivity index is 1.16. The van der Waals surface area contributed by atoms with E-state index < -0.39 is 5.41 Å². The van der Waals surface area contributed by atoms with Gasteiger partial charge >= 0.3 is 0 Å². The Morgan fingerprint density at radius 1 is 0.364 bits per heavy atom. The summed E-state index contributed by atoms with van der Waals surface area (Å²) in [6.07, 6.45) is 0. The Kier molecular flexibility index (Phi) is 8.00. The fraction of sp³-hybridized carbons (Fsp3) is 0.0370. The maximum absolute atomic E-state index is 2.45. The first-order valence-corrected chi connectivity index (χ1v) is 19.1. The molecule has 1 heteroatoms. The second kappa shape index (κ2) is 13.5. The molecule has 0 spiro atoms. The van der Waals surface area contributed by atoms with Crippen molar-refractivity contribution in [2.24, 2.45) is 0 Å². The van der Waals surface area contributed by atoms with E-state index in [0.29, 0.717) is 0 Å². The average molecular weight is 702 g/mol. The Hall–Kier alpha value is -6.96. The van der Waals surface area contributed by atoms with Gasteiger partial charge in [-0.05, 0) is 115 Å². The minimum atomic E-state index is -0.481. The van der Waals surface area contributed by atoms with Crippen LogP contribution < -0.4 is 4.90 Å². The molecule has 0 aromatic heterocycles. The topological polar surface area (TPSA) is 3.24 Å². The third kappa shape index (κ3) is 5.31. The number of fused-ring (bicyclic) bond motifs is 4. The molecule has 1 aliphatic rings. The third-order valence-corrected chi connectivity index (χ3v) is 11.5. The Morgan fingerprint density at radius 3 is 1.62 bits per heavy atom. The fourth-order valence-corrected chi connectivity index (χ4v) is 9.09. The van der Waals surface area contributed by atoms with E-state index in [2.05, 4.69) is 230 Å². The second-order valence-electron chi connectivity index (χ2n) is 14.5. The summed E-state index contributed by atoms with van der Waals surface area (Å²) in [7, 11) is 0. The van der Waals surface area contributed by atoms with E-state index in [0.717, 1.165) is 17.1 Å². The highest BCUT2D eigenvalue weighted by Crippen LogP contribution is 2.58. The molecule has 0 radical (unpaired) electrons. The summed E-state index contributed by atoms with van der Waals surface area (Å²) in [5.74, 6) is 0. The van der Waals surface area contributed by atoms with Gasteiger partial charge in [-0.2, -0.15) is 0 Å².